The summed E-state index contributed by atoms with van der Waals surface area (Å²) in [4.78, 5) is 14.2. The number of carbonyl (C=O) groups is 1. The number of ether oxygens (including phenoxy) is 2. The van der Waals surface area contributed by atoms with Gasteiger partial charge in [-0.25, -0.2) is 0 Å². The number of likely N-dealkylation sites (tertiary alicyclic amines) is 1. The molecule has 4 heteroatoms. The van der Waals surface area contributed by atoms with Crippen LogP contribution in [0, 0.1) is 11.3 Å². The van der Waals surface area contributed by atoms with Crippen molar-refractivity contribution in [3.05, 3.63) is 0 Å². The fourth-order valence-electron chi connectivity index (χ4n) is 2.87. The third kappa shape index (κ3) is 1.74. The lowest BCUT2D eigenvalue weighted by atomic mass is 9.76. The number of hydrogen-bond acceptors (Lipinski definition) is 3. The first-order chi connectivity index (χ1) is 7.79. The van der Waals surface area contributed by atoms with E-state index in [1.807, 2.05) is 4.90 Å². The van der Waals surface area contributed by atoms with Crippen LogP contribution in [0.4, 0.5) is 0 Å². The fourth-order valence-corrected chi connectivity index (χ4v) is 2.87. The summed E-state index contributed by atoms with van der Waals surface area (Å²) in [6.07, 6.45) is 3.14. The number of rotatable bonds is 1. The smallest absolute Gasteiger partial charge is 0.228 e. The molecule has 0 radical (unpaired) electrons. The average molecular weight is 225 g/mol. The third-order valence-corrected chi connectivity index (χ3v) is 4.23. The van der Waals surface area contributed by atoms with Gasteiger partial charge in [0.05, 0.1) is 25.7 Å². The maximum absolute atomic E-state index is 12.1. The largest absolute Gasteiger partial charge is 0.381 e. The van der Waals surface area contributed by atoms with Crippen LogP contribution in [-0.2, 0) is 14.3 Å². The van der Waals surface area contributed by atoms with E-state index in [9.17, 15) is 4.79 Å². The molecule has 0 bridgehead atoms. The minimum absolute atomic E-state index is 0.131. The SMILES string of the molecule is O=C([C@H]1CCOC1)N1CCC2(CC1)COC2. The molecule has 3 aliphatic rings. The summed E-state index contributed by atoms with van der Waals surface area (Å²) in [5.74, 6) is 0.444. The van der Waals surface area contributed by atoms with Gasteiger partial charge >= 0.3 is 0 Å². The molecule has 0 aliphatic carbocycles. The molecule has 3 aliphatic heterocycles. The first-order valence-electron chi connectivity index (χ1n) is 6.23. The predicted molar refractivity (Wildman–Crippen MR) is 58.0 cm³/mol. The first-order valence-corrected chi connectivity index (χ1v) is 6.23. The zero-order chi connectivity index (χ0) is 11.0. The molecule has 16 heavy (non-hydrogen) atoms. The molecule has 0 unspecified atom stereocenters. The summed E-state index contributed by atoms with van der Waals surface area (Å²) in [7, 11) is 0. The molecule has 3 heterocycles. The normalized spacial score (nSPS) is 32.8. The molecule has 0 aromatic carbocycles. The average Bonchev–Trinajstić information content (AvgIpc) is 2.80. The molecule has 1 spiro atoms. The Morgan fingerprint density at radius 1 is 1.19 bits per heavy atom. The Hall–Kier alpha value is -0.610. The Labute approximate surface area is 95.9 Å². The van der Waals surface area contributed by atoms with Crippen LogP contribution in [0.2, 0.25) is 0 Å². The van der Waals surface area contributed by atoms with Crippen molar-refractivity contribution < 1.29 is 14.3 Å². The van der Waals surface area contributed by atoms with E-state index >= 15 is 0 Å². The molecule has 3 rings (SSSR count). The van der Waals surface area contributed by atoms with Gasteiger partial charge in [0.2, 0.25) is 5.91 Å². The third-order valence-electron chi connectivity index (χ3n) is 4.23. The maximum atomic E-state index is 12.1. The highest BCUT2D eigenvalue weighted by molar-refractivity contribution is 5.79. The molecule has 90 valence electrons. The topological polar surface area (TPSA) is 38.8 Å². The van der Waals surface area contributed by atoms with Crippen molar-refractivity contribution in [2.75, 3.05) is 39.5 Å². The van der Waals surface area contributed by atoms with E-state index in [0.717, 1.165) is 52.2 Å². The summed E-state index contributed by atoms with van der Waals surface area (Å²) >= 11 is 0. The molecular weight excluding hydrogens is 206 g/mol. The maximum Gasteiger partial charge on any atom is 0.228 e. The molecule has 3 fully saturated rings. The Bertz CT molecular complexity index is 272. The Morgan fingerprint density at radius 3 is 2.44 bits per heavy atom. The van der Waals surface area contributed by atoms with Crippen molar-refractivity contribution in [1.29, 1.82) is 0 Å². The lowest BCUT2D eigenvalue weighted by Gasteiger charge is -2.47. The van der Waals surface area contributed by atoms with Crippen LogP contribution < -0.4 is 0 Å². The molecule has 1 amide bonds. The second kappa shape index (κ2) is 4.00. The van der Waals surface area contributed by atoms with Crippen LogP contribution in [-0.4, -0.2) is 50.3 Å². The van der Waals surface area contributed by atoms with Crippen molar-refractivity contribution in [3.8, 4) is 0 Å². The minimum atomic E-state index is 0.131. The van der Waals surface area contributed by atoms with E-state index < -0.39 is 0 Å². The molecule has 0 N–H and O–H groups in total. The van der Waals surface area contributed by atoms with Crippen LogP contribution in [0.25, 0.3) is 0 Å². The lowest BCUT2D eigenvalue weighted by Crippen LogP contribution is -2.53. The standard InChI is InChI=1S/C12H19NO3/c14-11(10-1-6-15-7-10)13-4-2-12(3-5-13)8-16-9-12/h10H,1-9H2/t10-/m0/s1. The van der Waals surface area contributed by atoms with Gasteiger partial charge in [-0.05, 0) is 19.3 Å². The van der Waals surface area contributed by atoms with Gasteiger partial charge in [0, 0.05) is 25.1 Å². The van der Waals surface area contributed by atoms with E-state index in [-0.39, 0.29) is 5.92 Å². The van der Waals surface area contributed by atoms with Gasteiger partial charge < -0.3 is 14.4 Å². The van der Waals surface area contributed by atoms with Crippen LogP contribution in [0.1, 0.15) is 19.3 Å². The van der Waals surface area contributed by atoms with E-state index in [2.05, 4.69) is 0 Å². The highest BCUT2D eigenvalue weighted by atomic mass is 16.5. The monoisotopic (exact) mass is 225 g/mol. The predicted octanol–water partition coefficient (Wildman–Crippen LogP) is 0.662. The van der Waals surface area contributed by atoms with Crippen molar-refractivity contribution in [2.24, 2.45) is 11.3 Å². The highest BCUT2D eigenvalue weighted by Gasteiger charge is 2.42. The van der Waals surface area contributed by atoms with Crippen molar-refractivity contribution >= 4 is 5.91 Å². The number of hydrogen-bond donors (Lipinski definition) is 0. The first kappa shape index (κ1) is 10.5. The number of piperidine rings is 1. The zero-order valence-corrected chi connectivity index (χ0v) is 9.61. The zero-order valence-electron chi connectivity index (χ0n) is 9.61. The molecule has 0 aromatic heterocycles. The summed E-state index contributed by atoms with van der Waals surface area (Å²) in [6, 6.07) is 0. The molecule has 3 saturated heterocycles. The van der Waals surface area contributed by atoms with Gasteiger partial charge in [-0.15, -0.1) is 0 Å². The number of carbonyl (C=O) groups excluding carboxylic acids is 1. The lowest BCUT2D eigenvalue weighted by molar-refractivity contribution is -0.155. The van der Waals surface area contributed by atoms with E-state index in [1.54, 1.807) is 0 Å². The summed E-state index contributed by atoms with van der Waals surface area (Å²) in [5.41, 5.74) is 0.420. The Balaban J connectivity index is 1.54. The van der Waals surface area contributed by atoms with E-state index in [1.165, 1.54) is 0 Å². The molecular formula is C12H19NO3. The highest BCUT2D eigenvalue weighted by Crippen LogP contribution is 2.38. The number of nitrogens with zero attached hydrogens (tertiary/aromatic N) is 1. The molecule has 4 nitrogen and oxygen atoms in total. The second-order valence-electron chi connectivity index (χ2n) is 5.38. The Morgan fingerprint density at radius 2 is 1.94 bits per heavy atom. The van der Waals surface area contributed by atoms with Gasteiger partial charge in [-0.1, -0.05) is 0 Å². The van der Waals surface area contributed by atoms with Gasteiger partial charge in [-0.2, -0.15) is 0 Å². The van der Waals surface area contributed by atoms with Crippen LogP contribution >= 0.6 is 0 Å². The van der Waals surface area contributed by atoms with Crippen LogP contribution in [0.5, 0.6) is 0 Å². The summed E-state index contributed by atoms with van der Waals surface area (Å²) in [5, 5.41) is 0. The van der Waals surface area contributed by atoms with Gasteiger partial charge in [0.25, 0.3) is 0 Å². The fraction of sp³-hybridized carbons (Fsp3) is 0.917. The summed E-state index contributed by atoms with van der Waals surface area (Å²) in [6.45, 7) is 5.02. The van der Waals surface area contributed by atoms with Gasteiger partial charge in [-0.3, -0.25) is 4.79 Å². The molecule has 0 saturated carbocycles. The molecule has 0 aromatic rings. The van der Waals surface area contributed by atoms with Crippen molar-refractivity contribution in [2.45, 2.75) is 19.3 Å². The quantitative estimate of drug-likeness (QED) is 0.658. The van der Waals surface area contributed by atoms with Crippen LogP contribution in [0.3, 0.4) is 0 Å². The van der Waals surface area contributed by atoms with Gasteiger partial charge in [0.1, 0.15) is 0 Å². The second-order valence-corrected chi connectivity index (χ2v) is 5.38. The van der Waals surface area contributed by atoms with Crippen LogP contribution in [0.15, 0.2) is 0 Å². The van der Waals surface area contributed by atoms with Crippen molar-refractivity contribution in [3.63, 3.8) is 0 Å². The van der Waals surface area contributed by atoms with Gasteiger partial charge in [0.15, 0.2) is 0 Å². The van der Waals surface area contributed by atoms with Crippen molar-refractivity contribution in [1.82, 2.24) is 4.90 Å². The molecule has 1 atom stereocenters. The van der Waals surface area contributed by atoms with E-state index in [0.29, 0.717) is 17.9 Å². The van der Waals surface area contributed by atoms with E-state index in [4.69, 9.17) is 9.47 Å². The Kier molecular flexibility index (Phi) is 2.64. The minimum Gasteiger partial charge on any atom is -0.381 e. The summed E-state index contributed by atoms with van der Waals surface area (Å²) < 4.78 is 10.6. The number of amides is 1.